The van der Waals surface area contributed by atoms with E-state index in [0.29, 0.717) is 19.1 Å². The molecule has 3 nitrogen and oxygen atoms in total. The van der Waals surface area contributed by atoms with Crippen molar-refractivity contribution >= 4 is 5.71 Å². The molecule has 0 aliphatic heterocycles. The van der Waals surface area contributed by atoms with E-state index in [4.69, 9.17) is 14.9 Å². The lowest BCUT2D eigenvalue weighted by Crippen LogP contribution is -2.35. The number of benzene rings is 1. The average Bonchev–Trinajstić information content (AvgIpc) is 2.81. The summed E-state index contributed by atoms with van der Waals surface area (Å²) < 4.78 is 23.2. The highest BCUT2D eigenvalue weighted by Crippen LogP contribution is 2.48. The lowest BCUT2D eigenvalue weighted by Gasteiger charge is -2.36. The van der Waals surface area contributed by atoms with E-state index in [9.17, 15) is 4.39 Å². The van der Waals surface area contributed by atoms with Gasteiger partial charge in [-0.05, 0) is 49.8 Å². The number of ether oxygens (including phenoxy) is 2. The van der Waals surface area contributed by atoms with Crippen molar-refractivity contribution < 1.29 is 13.9 Å². The van der Waals surface area contributed by atoms with E-state index in [1.165, 1.54) is 5.56 Å². The van der Waals surface area contributed by atoms with Crippen molar-refractivity contribution in [3.8, 4) is 5.75 Å². The molecule has 2 aliphatic carbocycles. The van der Waals surface area contributed by atoms with E-state index < -0.39 is 0 Å². The van der Waals surface area contributed by atoms with Gasteiger partial charge in [0.2, 0.25) is 0 Å². The van der Waals surface area contributed by atoms with E-state index >= 15 is 0 Å². The SMILES string of the molecule is COC1CCC2(CC1)Cc1ccc(OCCCF)cc1C2=N. The van der Waals surface area contributed by atoms with Gasteiger partial charge in [-0.3, -0.25) is 4.39 Å². The fourth-order valence-corrected chi connectivity index (χ4v) is 3.82. The molecule has 0 amide bonds. The molecule has 0 aromatic heterocycles. The van der Waals surface area contributed by atoms with Gasteiger partial charge in [0.15, 0.2) is 0 Å². The molecule has 0 unspecified atom stereocenters. The highest BCUT2D eigenvalue weighted by atomic mass is 19.1. The third-order valence-corrected chi connectivity index (χ3v) is 5.18. The van der Waals surface area contributed by atoms with Gasteiger partial charge in [-0.15, -0.1) is 0 Å². The maximum absolute atomic E-state index is 12.2. The Balaban J connectivity index is 1.74. The molecule has 1 aromatic carbocycles. The van der Waals surface area contributed by atoms with Gasteiger partial charge in [0.05, 0.1) is 19.4 Å². The second kappa shape index (κ2) is 6.37. The summed E-state index contributed by atoms with van der Waals surface area (Å²) in [5, 5.41) is 8.65. The topological polar surface area (TPSA) is 42.3 Å². The van der Waals surface area contributed by atoms with Gasteiger partial charge < -0.3 is 14.9 Å². The Morgan fingerprint density at radius 3 is 2.77 bits per heavy atom. The summed E-state index contributed by atoms with van der Waals surface area (Å²) in [6, 6.07) is 5.99. The van der Waals surface area contributed by atoms with Crippen molar-refractivity contribution in [3.05, 3.63) is 29.3 Å². The average molecular weight is 305 g/mol. The van der Waals surface area contributed by atoms with E-state index in [0.717, 1.165) is 49.1 Å². The molecule has 1 fully saturated rings. The molecular weight excluding hydrogens is 281 g/mol. The zero-order valence-electron chi connectivity index (χ0n) is 13.2. The lowest BCUT2D eigenvalue weighted by atomic mass is 9.70. The number of fused-ring (bicyclic) bond motifs is 1. The maximum Gasteiger partial charge on any atom is 0.119 e. The quantitative estimate of drug-likeness (QED) is 0.838. The van der Waals surface area contributed by atoms with Crippen LogP contribution in [0, 0.1) is 10.8 Å². The first kappa shape index (κ1) is 15.5. The number of hydrogen-bond donors (Lipinski definition) is 1. The maximum atomic E-state index is 12.2. The number of halogens is 1. The monoisotopic (exact) mass is 305 g/mol. The number of nitrogens with one attached hydrogen (secondary N) is 1. The summed E-state index contributed by atoms with van der Waals surface area (Å²) in [7, 11) is 1.78. The van der Waals surface area contributed by atoms with Crippen molar-refractivity contribution in [2.45, 2.75) is 44.6 Å². The Bertz CT molecular complexity index is 550. The first-order chi connectivity index (χ1) is 10.7. The molecule has 4 heteroatoms. The van der Waals surface area contributed by atoms with Gasteiger partial charge in [0.1, 0.15) is 5.75 Å². The molecule has 120 valence electrons. The van der Waals surface area contributed by atoms with Crippen LogP contribution in [-0.2, 0) is 11.2 Å². The van der Waals surface area contributed by atoms with Gasteiger partial charge >= 0.3 is 0 Å². The van der Waals surface area contributed by atoms with Crippen LogP contribution in [0.5, 0.6) is 5.75 Å². The van der Waals surface area contributed by atoms with Crippen LogP contribution in [-0.4, -0.2) is 32.2 Å². The van der Waals surface area contributed by atoms with Crippen molar-refractivity contribution in [1.29, 1.82) is 5.41 Å². The van der Waals surface area contributed by atoms with Crippen LogP contribution in [0.15, 0.2) is 18.2 Å². The summed E-state index contributed by atoms with van der Waals surface area (Å²) in [6.45, 7) is 0.0355. The minimum atomic E-state index is -0.357. The largest absolute Gasteiger partial charge is 0.493 e. The lowest BCUT2D eigenvalue weighted by molar-refractivity contribution is 0.0467. The standard InChI is InChI=1S/C18H24FNO2/c1-21-14-5-7-18(8-6-14)12-13-3-4-15(22-10-2-9-19)11-16(13)17(18)20/h3-4,11,14,20H,2,5-10,12H2,1H3. The highest BCUT2D eigenvalue weighted by molar-refractivity contribution is 6.07. The second-order valence-corrected chi connectivity index (χ2v) is 6.48. The molecule has 1 saturated carbocycles. The number of methoxy groups -OCH3 is 1. The van der Waals surface area contributed by atoms with Crippen molar-refractivity contribution in [2.75, 3.05) is 20.4 Å². The summed E-state index contributed by atoms with van der Waals surface area (Å²) in [4.78, 5) is 0. The van der Waals surface area contributed by atoms with Crippen molar-refractivity contribution in [1.82, 2.24) is 0 Å². The Morgan fingerprint density at radius 2 is 2.09 bits per heavy atom. The molecule has 1 N–H and O–H groups in total. The molecule has 0 radical (unpaired) electrons. The normalized spacial score (nSPS) is 27.2. The minimum Gasteiger partial charge on any atom is -0.493 e. The predicted octanol–water partition coefficient (Wildman–Crippen LogP) is 3.92. The summed E-state index contributed by atoms with van der Waals surface area (Å²) >= 11 is 0. The van der Waals surface area contributed by atoms with Crippen LogP contribution in [0.3, 0.4) is 0 Å². The Hall–Kier alpha value is -1.42. The Morgan fingerprint density at radius 1 is 1.32 bits per heavy atom. The van der Waals surface area contributed by atoms with Crippen LogP contribution in [0.25, 0.3) is 0 Å². The van der Waals surface area contributed by atoms with Crippen LogP contribution in [0.2, 0.25) is 0 Å². The molecule has 1 aromatic rings. The number of rotatable bonds is 5. The molecule has 3 rings (SSSR count). The van der Waals surface area contributed by atoms with E-state index in [1.807, 2.05) is 12.1 Å². The van der Waals surface area contributed by atoms with Crippen molar-refractivity contribution in [2.24, 2.45) is 5.41 Å². The van der Waals surface area contributed by atoms with E-state index in [1.54, 1.807) is 7.11 Å². The molecule has 2 aliphatic rings. The first-order valence-electron chi connectivity index (χ1n) is 8.12. The summed E-state index contributed by atoms with van der Waals surface area (Å²) in [5.41, 5.74) is 3.02. The van der Waals surface area contributed by atoms with Gasteiger partial charge in [-0.1, -0.05) is 6.07 Å². The van der Waals surface area contributed by atoms with Gasteiger partial charge in [-0.2, -0.15) is 0 Å². The van der Waals surface area contributed by atoms with Gasteiger partial charge in [0.25, 0.3) is 0 Å². The third kappa shape index (κ3) is 2.76. The third-order valence-electron chi connectivity index (χ3n) is 5.18. The zero-order valence-corrected chi connectivity index (χ0v) is 13.2. The molecule has 0 saturated heterocycles. The fraction of sp³-hybridized carbons (Fsp3) is 0.611. The Kier molecular flexibility index (Phi) is 4.48. The summed E-state index contributed by atoms with van der Waals surface area (Å²) in [5.74, 6) is 0.750. The van der Waals surface area contributed by atoms with Crippen molar-refractivity contribution in [3.63, 3.8) is 0 Å². The van der Waals surface area contributed by atoms with Crippen LogP contribution in [0.1, 0.15) is 43.2 Å². The fourth-order valence-electron chi connectivity index (χ4n) is 3.82. The van der Waals surface area contributed by atoms with E-state index in [2.05, 4.69) is 6.07 Å². The minimum absolute atomic E-state index is 0.00503. The van der Waals surface area contributed by atoms with Gasteiger partial charge in [-0.25, -0.2) is 0 Å². The van der Waals surface area contributed by atoms with E-state index in [-0.39, 0.29) is 12.1 Å². The molecule has 0 atom stereocenters. The first-order valence-corrected chi connectivity index (χ1v) is 8.12. The molecule has 22 heavy (non-hydrogen) atoms. The van der Waals surface area contributed by atoms with Gasteiger partial charge in [0, 0.05) is 30.2 Å². The molecule has 0 heterocycles. The smallest absolute Gasteiger partial charge is 0.119 e. The molecule has 1 spiro atoms. The number of alkyl halides is 1. The Labute approximate surface area is 131 Å². The summed E-state index contributed by atoms with van der Waals surface area (Å²) in [6.07, 6.45) is 5.84. The van der Waals surface area contributed by atoms with Crippen LogP contribution in [0.4, 0.5) is 4.39 Å². The predicted molar refractivity (Wildman–Crippen MR) is 84.8 cm³/mol. The highest BCUT2D eigenvalue weighted by Gasteiger charge is 2.44. The van der Waals surface area contributed by atoms with Crippen LogP contribution < -0.4 is 4.74 Å². The molecule has 0 bridgehead atoms. The zero-order chi connectivity index (χ0) is 15.6. The second-order valence-electron chi connectivity index (χ2n) is 6.48. The molecular formula is C18H24FNO2. The number of hydrogen-bond acceptors (Lipinski definition) is 3. The van der Waals surface area contributed by atoms with Crippen LogP contribution >= 0.6 is 0 Å².